The molecular formula is C9H8ClN5S. The number of halogens is 1. The molecule has 0 spiro atoms. The van der Waals surface area contributed by atoms with Gasteiger partial charge in [0.05, 0.1) is 18.1 Å². The third kappa shape index (κ3) is 2.40. The molecule has 0 radical (unpaired) electrons. The largest absolute Gasteiger partial charge is 0.382 e. The van der Waals surface area contributed by atoms with Crippen LogP contribution < -0.4 is 5.73 Å². The van der Waals surface area contributed by atoms with E-state index in [-0.39, 0.29) is 0 Å². The summed E-state index contributed by atoms with van der Waals surface area (Å²) in [5.41, 5.74) is 6.71. The number of hydrogen-bond donors (Lipinski definition) is 1. The van der Waals surface area contributed by atoms with Gasteiger partial charge in [-0.25, -0.2) is 19.9 Å². The van der Waals surface area contributed by atoms with Gasteiger partial charge in [-0.15, -0.1) is 0 Å². The van der Waals surface area contributed by atoms with Gasteiger partial charge >= 0.3 is 0 Å². The van der Waals surface area contributed by atoms with Crippen LogP contribution in [-0.2, 0) is 0 Å². The summed E-state index contributed by atoms with van der Waals surface area (Å²) < 4.78 is 0. The van der Waals surface area contributed by atoms with Crippen molar-refractivity contribution in [2.75, 3.05) is 12.0 Å². The van der Waals surface area contributed by atoms with Crippen LogP contribution in [0.15, 0.2) is 23.6 Å². The maximum absolute atomic E-state index is 5.87. The lowest BCUT2D eigenvalue weighted by Gasteiger charge is -2.02. The Balaban J connectivity index is 2.47. The molecule has 2 rings (SSSR count). The van der Waals surface area contributed by atoms with Crippen molar-refractivity contribution < 1.29 is 0 Å². The van der Waals surface area contributed by atoms with Gasteiger partial charge in [-0.3, -0.25) is 0 Å². The first-order valence-electron chi connectivity index (χ1n) is 4.35. The van der Waals surface area contributed by atoms with E-state index >= 15 is 0 Å². The zero-order valence-corrected chi connectivity index (χ0v) is 9.96. The number of aromatic nitrogens is 4. The third-order valence-corrected chi connectivity index (χ3v) is 2.53. The molecule has 0 aliphatic carbocycles. The van der Waals surface area contributed by atoms with Crippen molar-refractivity contribution >= 4 is 29.2 Å². The summed E-state index contributed by atoms with van der Waals surface area (Å²) in [6.45, 7) is 0. The van der Waals surface area contributed by atoms with Crippen molar-refractivity contribution in [3.63, 3.8) is 0 Å². The summed E-state index contributed by atoms with van der Waals surface area (Å²) in [6, 6.07) is 1.64. The number of anilines is 1. The van der Waals surface area contributed by atoms with Gasteiger partial charge in [0.25, 0.3) is 0 Å². The van der Waals surface area contributed by atoms with Gasteiger partial charge in [0, 0.05) is 6.07 Å². The Morgan fingerprint density at radius 2 is 2.00 bits per heavy atom. The molecule has 2 heterocycles. The second-order valence-corrected chi connectivity index (χ2v) is 4.05. The summed E-state index contributed by atoms with van der Waals surface area (Å²) in [5.74, 6) is 0.369. The third-order valence-electron chi connectivity index (χ3n) is 1.79. The highest BCUT2D eigenvalue weighted by molar-refractivity contribution is 7.98. The van der Waals surface area contributed by atoms with Crippen molar-refractivity contribution in [1.29, 1.82) is 0 Å². The Kier molecular flexibility index (Phi) is 3.21. The van der Waals surface area contributed by atoms with E-state index in [9.17, 15) is 0 Å². The molecule has 2 N–H and O–H groups in total. The fourth-order valence-electron chi connectivity index (χ4n) is 1.09. The Labute approximate surface area is 101 Å². The van der Waals surface area contributed by atoms with Gasteiger partial charge < -0.3 is 5.73 Å². The molecule has 7 heteroatoms. The minimum atomic E-state index is 0.369. The standard InChI is InChI=1S/C9H8ClN5S/c1-16-9-14-5(2-7(10)15-9)6-3-13-8(11)4-12-6/h2-4H,1H3,(H2,11,13). The van der Waals surface area contributed by atoms with Gasteiger partial charge in [0.2, 0.25) is 0 Å². The predicted molar refractivity (Wildman–Crippen MR) is 64.3 cm³/mol. The lowest BCUT2D eigenvalue weighted by atomic mass is 10.3. The van der Waals surface area contributed by atoms with E-state index in [2.05, 4.69) is 19.9 Å². The summed E-state index contributed by atoms with van der Waals surface area (Å²) in [7, 11) is 0. The van der Waals surface area contributed by atoms with E-state index < -0.39 is 0 Å². The second-order valence-electron chi connectivity index (χ2n) is 2.89. The van der Waals surface area contributed by atoms with Crippen molar-refractivity contribution in [2.24, 2.45) is 0 Å². The van der Waals surface area contributed by atoms with Crippen LogP contribution in [0.3, 0.4) is 0 Å². The monoisotopic (exact) mass is 253 g/mol. The lowest BCUT2D eigenvalue weighted by Crippen LogP contribution is -1.96. The van der Waals surface area contributed by atoms with Crippen LogP contribution in [0.2, 0.25) is 5.15 Å². The predicted octanol–water partition coefficient (Wildman–Crippen LogP) is 1.89. The molecule has 2 aromatic rings. The van der Waals surface area contributed by atoms with E-state index in [0.29, 0.717) is 27.5 Å². The molecule has 2 aromatic heterocycles. The fraction of sp³-hybridized carbons (Fsp3) is 0.111. The maximum Gasteiger partial charge on any atom is 0.189 e. The van der Waals surface area contributed by atoms with Crippen LogP contribution in [-0.4, -0.2) is 26.2 Å². The van der Waals surface area contributed by atoms with Gasteiger partial charge in [0.1, 0.15) is 16.7 Å². The molecule has 0 amide bonds. The summed E-state index contributed by atoms with van der Waals surface area (Å²) >= 11 is 7.29. The molecule has 0 bridgehead atoms. The molecule has 0 unspecified atom stereocenters. The second kappa shape index (κ2) is 4.63. The number of hydrogen-bond acceptors (Lipinski definition) is 6. The molecule has 0 atom stereocenters. The molecule has 0 aliphatic heterocycles. The summed E-state index contributed by atoms with van der Waals surface area (Å²) in [4.78, 5) is 16.4. The minimum Gasteiger partial charge on any atom is -0.382 e. The molecule has 0 saturated heterocycles. The van der Waals surface area contributed by atoms with Crippen LogP contribution in [0, 0.1) is 0 Å². The average molecular weight is 254 g/mol. The number of nitrogens with two attached hydrogens (primary N) is 1. The van der Waals surface area contributed by atoms with Crippen molar-refractivity contribution in [1.82, 2.24) is 19.9 Å². The molecule has 82 valence electrons. The number of thioether (sulfide) groups is 1. The maximum atomic E-state index is 5.87. The number of rotatable bonds is 2. The number of nitrogen functional groups attached to an aromatic ring is 1. The van der Waals surface area contributed by atoms with Gasteiger partial charge in [-0.2, -0.15) is 0 Å². The Morgan fingerprint density at radius 3 is 2.62 bits per heavy atom. The molecule has 5 nitrogen and oxygen atoms in total. The average Bonchev–Trinajstić information content (AvgIpc) is 2.29. The van der Waals surface area contributed by atoms with Crippen LogP contribution in [0.1, 0.15) is 0 Å². The van der Waals surface area contributed by atoms with E-state index in [0.717, 1.165) is 0 Å². The van der Waals surface area contributed by atoms with Crippen LogP contribution >= 0.6 is 23.4 Å². The highest BCUT2D eigenvalue weighted by Gasteiger charge is 2.06. The Bertz CT molecular complexity index is 502. The highest BCUT2D eigenvalue weighted by Crippen LogP contribution is 2.20. The SMILES string of the molecule is CSc1nc(Cl)cc(-c2cnc(N)cn2)n1. The van der Waals surface area contributed by atoms with Gasteiger partial charge in [0.15, 0.2) is 5.16 Å². The zero-order chi connectivity index (χ0) is 11.5. The molecule has 0 aromatic carbocycles. The van der Waals surface area contributed by atoms with Gasteiger partial charge in [-0.05, 0) is 6.26 Å². The molecule has 0 aliphatic rings. The molecule has 16 heavy (non-hydrogen) atoms. The van der Waals surface area contributed by atoms with Gasteiger partial charge in [-0.1, -0.05) is 23.4 Å². The van der Waals surface area contributed by atoms with Crippen molar-refractivity contribution in [3.8, 4) is 11.4 Å². The van der Waals surface area contributed by atoms with Crippen LogP contribution in [0.5, 0.6) is 0 Å². The normalized spacial score (nSPS) is 10.4. The summed E-state index contributed by atoms with van der Waals surface area (Å²) in [5, 5.41) is 0.981. The van der Waals surface area contributed by atoms with E-state index in [1.807, 2.05) is 6.26 Å². The fourth-order valence-corrected chi connectivity index (χ4v) is 1.70. The zero-order valence-electron chi connectivity index (χ0n) is 8.38. The minimum absolute atomic E-state index is 0.369. The van der Waals surface area contributed by atoms with Crippen molar-refractivity contribution in [2.45, 2.75) is 5.16 Å². The smallest absolute Gasteiger partial charge is 0.189 e. The number of nitrogens with zero attached hydrogens (tertiary/aromatic N) is 4. The highest BCUT2D eigenvalue weighted by atomic mass is 35.5. The Hall–Kier alpha value is -1.40. The van der Waals surface area contributed by atoms with Crippen molar-refractivity contribution in [3.05, 3.63) is 23.6 Å². The van der Waals surface area contributed by atoms with Crippen LogP contribution in [0.25, 0.3) is 11.4 Å². The quantitative estimate of drug-likeness (QED) is 0.500. The lowest BCUT2D eigenvalue weighted by molar-refractivity contribution is 0.969. The van der Waals surface area contributed by atoms with E-state index in [1.54, 1.807) is 12.3 Å². The molecule has 0 saturated carbocycles. The van der Waals surface area contributed by atoms with Crippen LogP contribution in [0.4, 0.5) is 5.82 Å². The molecule has 0 fully saturated rings. The Morgan fingerprint density at radius 1 is 1.19 bits per heavy atom. The first-order chi connectivity index (χ1) is 7.69. The van der Waals surface area contributed by atoms with E-state index in [1.165, 1.54) is 18.0 Å². The molecular weight excluding hydrogens is 246 g/mol. The first kappa shape index (κ1) is 11.1. The topological polar surface area (TPSA) is 77.6 Å². The summed E-state index contributed by atoms with van der Waals surface area (Å²) in [6.07, 6.45) is 4.91. The first-order valence-corrected chi connectivity index (χ1v) is 5.96. The van der Waals surface area contributed by atoms with E-state index in [4.69, 9.17) is 17.3 Å².